The molecule has 0 fully saturated rings. The maximum absolute atomic E-state index is 13.2. The van der Waals surface area contributed by atoms with Crippen LogP contribution in [0.15, 0.2) is 95.5 Å². The van der Waals surface area contributed by atoms with Gasteiger partial charge in [-0.2, -0.15) is 13.2 Å². The first-order valence-electron chi connectivity index (χ1n) is 13.5. The zero-order chi connectivity index (χ0) is 30.1. The molecule has 0 saturated carbocycles. The van der Waals surface area contributed by atoms with Gasteiger partial charge in [0.25, 0.3) is 0 Å². The summed E-state index contributed by atoms with van der Waals surface area (Å²) in [5.41, 5.74) is 4.02. The van der Waals surface area contributed by atoms with E-state index in [9.17, 15) is 23.1 Å². The first-order chi connectivity index (χ1) is 19.9. The van der Waals surface area contributed by atoms with Crippen molar-refractivity contribution in [2.24, 2.45) is 0 Å². The van der Waals surface area contributed by atoms with Crippen LogP contribution in [0.25, 0.3) is 21.9 Å². The summed E-state index contributed by atoms with van der Waals surface area (Å²) in [7, 11) is 0. The molecule has 5 nitrogen and oxygen atoms in total. The van der Waals surface area contributed by atoms with Crippen LogP contribution in [0.3, 0.4) is 0 Å². The summed E-state index contributed by atoms with van der Waals surface area (Å²) in [4.78, 5) is 17.9. The molecule has 0 aliphatic heterocycles. The standard InChI is InChI=1S/C34H31F3N2O3.Na/c1-22-8-11-25-6-4-5-7-28(25)29(22)21-39(20-27-14-15-31(42-27)34(35,36)37)19-23-9-12-24(13-10-23)26-16-17-38-30(18-26)33(2,3)32(40)41;/h4-18H,19-21H2,1-3H3,(H,40,41);/q;+1/p-1. The third-order valence-electron chi connectivity index (χ3n) is 7.58. The molecule has 0 bridgehead atoms. The number of carbonyl (C=O) groups excluding carboxylic acids is 1. The van der Waals surface area contributed by atoms with Gasteiger partial charge in [-0.15, -0.1) is 0 Å². The fourth-order valence-corrected chi connectivity index (χ4v) is 5.00. The van der Waals surface area contributed by atoms with Crippen LogP contribution in [-0.4, -0.2) is 15.9 Å². The SMILES string of the molecule is Cc1ccc2ccccc2c1CN(Cc1ccc(-c2ccnc(C(C)(C)C(=O)[O-])c2)cc1)Cc1ccc(C(F)(F)F)o1.[Na+]. The molecule has 0 spiro atoms. The van der Waals surface area contributed by atoms with Crippen molar-refractivity contribution in [2.45, 2.75) is 52.0 Å². The van der Waals surface area contributed by atoms with E-state index in [1.165, 1.54) is 6.07 Å². The minimum Gasteiger partial charge on any atom is -0.549 e. The number of fused-ring (bicyclic) bond motifs is 1. The van der Waals surface area contributed by atoms with Crippen molar-refractivity contribution in [3.05, 3.63) is 125 Å². The number of aliphatic carboxylic acids is 1. The Morgan fingerprint density at radius 1 is 0.884 bits per heavy atom. The summed E-state index contributed by atoms with van der Waals surface area (Å²) in [5, 5.41) is 13.8. The molecule has 0 amide bonds. The summed E-state index contributed by atoms with van der Waals surface area (Å²) in [6, 6.07) is 25.9. The van der Waals surface area contributed by atoms with Crippen LogP contribution in [-0.2, 0) is 36.0 Å². The summed E-state index contributed by atoms with van der Waals surface area (Å²) in [6.07, 6.45) is -2.97. The Labute approximate surface area is 270 Å². The fraction of sp³-hybridized carbons (Fsp3) is 0.235. The number of carboxylic acid groups (broad SMARTS) is 1. The second-order valence-electron chi connectivity index (χ2n) is 11.0. The maximum atomic E-state index is 13.2. The molecule has 0 aliphatic rings. The van der Waals surface area contributed by atoms with Crippen LogP contribution in [0.4, 0.5) is 13.2 Å². The van der Waals surface area contributed by atoms with Crippen LogP contribution >= 0.6 is 0 Å². The van der Waals surface area contributed by atoms with Gasteiger partial charge in [-0.05, 0) is 83.6 Å². The summed E-state index contributed by atoms with van der Waals surface area (Å²) in [6.45, 7) is 6.30. The molecule has 0 aliphatic carbocycles. The van der Waals surface area contributed by atoms with Crippen LogP contribution in [0, 0.1) is 6.92 Å². The normalized spacial score (nSPS) is 12.0. The topological polar surface area (TPSA) is 69.4 Å². The average molecular weight is 595 g/mol. The molecule has 0 N–H and O–H groups in total. The monoisotopic (exact) mass is 594 g/mol. The summed E-state index contributed by atoms with van der Waals surface area (Å²) >= 11 is 0. The maximum Gasteiger partial charge on any atom is 1.00 e. The van der Waals surface area contributed by atoms with E-state index in [1.807, 2.05) is 55.5 Å². The van der Waals surface area contributed by atoms with Crippen LogP contribution in [0.1, 0.15) is 47.8 Å². The molecule has 216 valence electrons. The number of rotatable bonds is 9. The van der Waals surface area contributed by atoms with Crippen molar-refractivity contribution in [2.75, 3.05) is 0 Å². The molecular formula is C34H30F3N2NaO3. The number of carboxylic acids is 1. The predicted octanol–water partition coefficient (Wildman–Crippen LogP) is 4.06. The molecule has 0 radical (unpaired) electrons. The third kappa shape index (κ3) is 7.39. The summed E-state index contributed by atoms with van der Waals surface area (Å²) < 4.78 is 44.9. The van der Waals surface area contributed by atoms with Gasteiger partial charge < -0.3 is 14.3 Å². The first kappa shape index (κ1) is 32.5. The van der Waals surface area contributed by atoms with Gasteiger partial charge in [0, 0.05) is 24.7 Å². The molecular weight excluding hydrogens is 564 g/mol. The molecule has 5 rings (SSSR count). The van der Waals surface area contributed by atoms with E-state index in [0.717, 1.165) is 44.7 Å². The third-order valence-corrected chi connectivity index (χ3v) is 7.58. The Morgan fingerprint density at radius 2 is 1.60 bits per heavy atom. The number of aromatic nitrogens is 1. The largest absolute Gasteiger partial charge is 1.00 e. The number of nitrogens with zero attached hydrogens (tertiary/aromatic N) is 2. The molecule has 0 saturated heterocycles. The zero-order valence-electron chi connectivity index (χ0n) is 24.5. The van der Waals surface area contributed by atoms with Crippen molar-refractivity contribution in [3.63, 3.8) is 0 Å². The Balaban J connectivity index is 0.00000423. The number of furan rings is 1. The van der Waals surface area contributed by atoms with Crippen LogP contribution in [0.5, 0.6) is 0 Å². The number of alkyl halides is 3. The van der Waals surface area contributed by atoms with Crippen molar-refractivity contribution in [3.8, 4) is 11.1 Å². The molecule has 0 atom stereocenters. The second kappa shape index (κ2) is 13.1. The number of carbonyl (C=O) groups is 1. The number of pyridine rings is 1. The molecule has 9 heteroatoms. The second-order valence-corrected chi connectivity index (χ2v) is 11.0. The van der Waals surface area contributed by atoms with Gasteiger partial charge in [0.1, 0.15) is 5.76 Å². The van der Waals surface area contributed by atoms with Crippen LogP contribution < -0.4 is 34.7 Å². The Kier molecular flexibility index (Phi) is 9.86. The molecule has 5 aromatic rings. The number of benzene rings is 3. The van der Waals surface area contributed by atoms with E-state index < -0.39 is 23.3 Å². The van der Waals surface area contributed by atoms with E-state index >= 15 is 0 Å². The van der Waals surface area contributed by atoms with E-state index in [1.54, 1.807) is 26.1 Å². The van der Waals surface area contributed by atoms with E-state index in [0.29, 0.717) is 18.8 Å². The molecule has 43 heavy (non-hydrogen) atoms. The van der Waals surface area contributed by atoms with Gasteiger partial charge in [-0.25, -0.2) is 0 Å². The molecule has 0 unspecified atom stereocenters. The summed E-state index contributed by atoms with van der Waals surface area (Å²) in [5.74, 6) is -1.98. The number of hydrogen-bond donors (Lipinski definition) is 0. The van der Waals surface area contributed by atoms with Gasteiger partial charge in [0.05, 0.1) is 18.2 Å². The van der Waals surface area contributed by atoms with E-state index in [4.69, 9.17) is 4.42 Å². The van der Waals surface area contributed by atoms with Gasteiger partial charge in [0.15, 0.2) is 0 Å². The number of halogens is 3. The Morgan fingerprint density at radius 3 is 2.28 bits per heavy atom. The molecule has 3 aromatic carbocycles. The zero-order valence-corrected chi connectivity index (χ0v) is 26.5. The van der Waals surface area contributed by atoms with Gasteiger partial charge >= 0.3 is 35.7 Å². The van der Waals surface area contributed by atoms with E-state index in [-0.39, 0.29) is 41.9 Å². The smallest absolute Gasteiger partial charge is 0.549 e. The number of aryl methyl sites for hydroxylation is 1. The average Bonchev–Trinajstić information content (AvgIpc) is 3.44. The Hall–Kier alpha value is -3.43. The van der Waals surface area contributed by atoms with E-state index in [2.05, 4.69) is 28.1 Å². The first-order valence-corrected chi connectivity index (χ1v) is 13.5. The van der Waals surface area contributed by atoms with Gasteiger partial charge in [-0.3, -0.25) is 9.88 Å². The predicted molar refractivity (Wildman–Crippen MR) is 153 cm³/mol. The van der Waals surface area contributed by atoms with Gasteiger partial charge in [0.2, 0.25) is 5.76 Å². The van der Waals surface area contributed by atoms with Crippen LogP contribution in [0.2, 0.25) is 0 Å². The van der Waals surface area contributed by atoms with Gasteiger partial charge in [-0.1, -0.05) is 60.7 Å². The number of hydrogen-bond acceptors (Lipinski definition) is 5. The minimum absolute atomic E-state index is 0. The quantitative estimate of drug-likeness (QED) is 0.241. The fourth-order valence-electron chi connectivity index (χ4n) is 5.00. The Bertz CT molecular complexity index is 1730. The molecule has 2 heterocycles. The van der Waals surface area contributed by atoms with Crippen molar-refractivity contribution < 1.29 is 57.0 Å². The van der Waals surface area contributed by atoms with Crippen molar-refractivity contribution in [1.29, 1.82) is 0 Å². The molecule has 2 aromatic heterocycles. The van der Waals surface area contributed by atoms with Crippen molar-refractivity contribution in [1.82, 2.24) is 9.88 Å². The van der Waals surface area contributed by atoms with Crippen molar-refractivity contribution >= 4 is 16.7 Å². The minimum atomic E-state index is -4.55.